The van der Waals surface area contributed by atoms with Crippen molar-refractivity contribution >= 4 is 45.0 Å². The van der Waals surface area contributed by atoms with Crippen molar-refractivity contribution < 1.29 is 22.7 Å². The second-order valence-corrected chi connectivity index (χ2v) is 10.6. The van der Waals surface area contributed by atoms with Gasteiger partial charge < -0.3 is 14.8 Å². The summed E-state index contributed by atoms with van der Waals surface area (Å²) in [6.07, 6.45) is 2.75. The highest BCUT2D eigenvalue weighted by Crippen LogP contribution is 2.34. The number of nitrogens with one attached hydrogen (secondary N) is 1. The Morgan fingerprint density at radius 1 is 1.03 bits per heavy atom. The molecule has 0 aromatic heterocycles. The molecule has 1 N–H and O–H groups in total. The summed E-state index contributed by atoms with van der Waals surface area (Å²) in [5.41, 5.74) is 0.285. The molecule has 2 aromatic carbocycles. The highest BCUT2D eigenvalue weighted by atomic mass is 35.5. The van der Waals surface area contributed by atoms with Crippen LogP contribution in [0.15, 0.2) is 46.2 Å². The second-order valence-electron chi connectivity index (χ2n) is 7.25. The number of sulfonamides is 1. The topological polar surface area (TPSA) is 84.9 Å². The Hall–Kier alpha value is -1.94. The third-order valence-corrected chi connectivity index (χ3v) is 8.27. The molecule has 2 heterocycles. The monoisotopic (exact) mass is 482 g/mol. The standard InChI is InChI=1S/C21H23ClN2O5S2/c22-17-6-5-16(31(26,27)24-8-2-1-3-9-24)13-18(17)23-21(25)14-30-15-4-7-19-20(12-15)29-11-10-28-19/h4-7,12-13H,1-3,8-11,14H2,(H,23,25). The van der Waals surface area contributed by atoms with Crippen molar-refractivity contribution in [3.8, 4) is 11.5 Å². The number of halogens is 1. The van der Waals surface area contributed by atoms with Crippen LogP contribution in [0.5, 0.6) is 11.5 Å². The predicted molar refractivity (Wildman–Crippen MR) is 121 cm³/mol. The average molecular weight is 483 g/mol. The van der Waals surface area contributed by atoms with Gasteiger partial charge in [-0.25, -0.2) is 8.42 Å². The highest BCUT2D eigenvalue weighted by Gasteiger charge is 2.26. The summed E-state index contributed by atoms with van der Waals surface area (Å²) in [6, 6.07) is 9.93. The van der Waals surface area contributed by atoms with Gasteiger partial charge in [0.1, 0.15) is 13.2 Å². The molecule has 1 saturated heterocycles. The van der Waals surface area contributed by atoms with Gasteiger partial charge in [0.2, 0.25) is 15.9 Å². The van der Waals surface area contributed by atoms with E-state index in [0.717, 1.165) is 24.2 Å². The minimum absolute atomic E-state index is 0.133. The van der Waals surface area contributed by atoms with E-state index < -0.39 is 10.0 Å². The van der Waals surface area contributed by atoms with Gasteiger partial charge >= 0.3 is 0 Å². The number of nitrogens with zero attached hydrogens (tertiary/aromatic N) is 1. The third-order valence-electron chi connectivity index (χ3n) is 5.05. The lowest BCUT2D eigenvalue weighted by molar-refractivity contribution is -0.113. The van der Waals surface area contributed by atoms with Gasteiger partial charge in [-0.05, 0) is 49.2 Å². The van der Waals surface area contributed by atoms with Crippen LogP contribution in [-0.2, 0) is 14.8 Å². The molecule has 4 rings (SSSR count). The van der Waals surface area contributed by atoms with Crippen LogP contribution in [0.1, 0.15) is 19.3 Å². The molecule has 0 atom stereocenters. The van der Waals surface area contributed by atoms with E-state index in [1.165, 1.54) is 34.3 Å². The second kappa shape index (κ2) is 9.68. The molecule has 0 saturated carbocycles. The number of hydrogen-bond acceptors (Lipinski definition) is 6. The number of piperidine rings is 1. The van der Waals surface area contributed by atoms with Gasteiger partial charge in [-0.3, -0.25) is 4.79 Å². The summed E-state index contributed by atoms with van der Waals surface area (Å²) < 4.78 is 38.4. The zero-order chi connectivity index (χ0) is 21.8. The van der Waals surface area contributed by atoms with Crippen LogP contribution in [0.25, 0.3) is 0 Å². The fraction of sp³-hybridized carbons (Fsp3) is 0.381. The first-order valence-corrected chi connectivity index (χ1v) is 12.9. The first kappa shape index (κ1) is 22.3. The molecule has 1 amide bonds. The smallest absolute Gasteiger partial charge is 0.243 e. The van der Waals surface area contributed by atoms with Crippen molar-refractivity contribution in [1.82, 2.24) is 4.31 Å². The zero-order valence-corrected chi connectivity index (χ0v) is 19.2. The van der Waals surface area contributed by atoms with E-state index in [1.54, 1.807) is 0 Å². The Labute approximate surface area is 191 Å². The van der Waals surface area contributed by atoms with Crippen molar-refractivity contribution in [3.63, 3.8) is 0 Å². The first-order valence-electron chi connectivity index (χ1n) is 10.1. The summed E-state index contributed by atoms with van der Waals surface area (Å²) in [5.74, 6) is 1.21. The summed E-state index contributed by atoms with van der Waals surface area (Å²) in [5, 5.41) is 3.01. The van der Waals surface area contributed by atoms with Gasteiger partial charge in [-0.2, -0.15) is 4.31 Å². The molecule has 2 aliphatic rings. The maximum Gasteiger partial charge on any atom is 0.243 e. The fourth-order valence-electron chi connectivity index (χ4n) is 3.46. The summed E-state index contributed by atoms with van der Waals surface area (Å²) in [7, 11) is -3.61. The van der Waals surface area contributed by atoms with Crippen molar-refractivity contribution in [1.29, 1.82) is 0 Å². The molecule has 0 spiro atoms. The molecule has 2 aromatic rings. The highest BCUT2D eigenvalue weighted by molar-refractivity contribution is 8.00. The van der Waals surface area contributed by atoms with E-state index in [2.05, 4.69) is 5.32 Å². The molecule has 1 fully saturated rings. The van der Waals surface area contributed by atoms with Gasteiger partial charge in [0, 0.05) is 18.0 Å². The quantitative estimate of drug-likeness (QED) is 0.626. The van der Waals surface area contributed by atoms with Gasteiger partial charge in [-0.15, -0.1) is 11.8 Å². The number of carbonyl (C=O) groups excluding carboxylic acids is 1. The lowest BCUT2D eigenvalue weighted by Gasteiger charge is -2.26. The molecule has 0 radical (unpaired) electrons. The van der Waals surface area contributed by atoms with Crippen LogP contribution >= 0.6 is 23.4 Å². The number of thioether (sulfide) groups is 1. The fourth-order valence-corrected chi connectivity index (χ4v) is 5.90. The van der Waals surface area contributed by atoms with Gasteiger partial charge in [0.05, 0.1) is 21.4 Å². The predicted octanol–water partition coefficient (Wildman–Crippen LogP) is 4.02. The normalized spacial score (nSPS) is 16.7. The Morgan fingerprint density at radius 3 is 2.55 bits per heavy atom. The van der Waals surface area contributed by atoms with Gasteiger partial charge in [0.25, 0.3) is 0 Å². The van der Waals surface area contributed by atoms with Crippen molar-refractivity contribution in [2.45, 2.75) is 29.1 Å². The van der Waals surface area contributed by atoms with E-state index in [0.29, 0.717) is 37.8 Å². The molecule has 7 nitrogen and oxygen atoms in total. The van der Waals surface area contributed by atoms with E-state index in [9.17, 15) is 13.2 Å². The summed E-state index contributed by atoms with van der Waals surface area (Å²) in [6.45, 7) is 2.05. The number of hydrogen-bond donors (Lipinski definition) is 1. The minimum atomic E-state index is -3.61. The van der Waals surface area contributed by atoms with Gasteiger partial charge in [-0.1, -0.05) is 18.0 Å². The molecular weight excluding hydrogens is 460 g/mol. The molecular formula is C21H23ClN2O5S2. The molecule has 0 unspecified atom stereocenters. The van der Waals surface area contributed by atoms with E-state index >= 15 is 0 Å². The van der Waals surface area contributed by atoms with Crippen LogP contribution < -0.4 is 14.8 Å². The van der Waals surface area contributed by atoms with Crippen LogP contribution in [0.4, 0.5) is 5.69 Å². The van der Waals surface area contributed by atoms with Crippen molar-refractivity contribution in [3.05, 3.63) is 41.4 Å². The number of ether oxygens (including phenoxy) is 2. The van der Waals surface area contributed by atoms with E-state index in [1.807, 2.05) is 18.2 Å². The Kier molecular flexibility index (Phi) is 6.95. The number of carbonyl (C=O) groups is 1. The number of amides is 1. The Morgan fingerprint density at radius 2 is 1.77 bits per heavy atom. The SMILES string of the molecule is O=C(CSc1ccc2c(c1)OCCO2)Nc1cc(S(=O)(=O)N2CCCCC2)ccc1Cl. The van der Waals surface area contributed by atoms with Crippen LogP contribution in [-0.4, -0.2) is 50.7 Å². The van der Waals surface area contributed by atoms with Gasteiger partial charge in [0.15, 0.2) is 11.5 Å². The summed E-state index contributed by atoms with van der Waals surface area (Å²) >= 11 is 7.55. The maximum absolute atomic E-state index is 12.9. The van der Waals surface area contributed by atoms with Crippen LogP contribution in [0.2, 0.25) is 5.02 Å². The molecule has 10 heteroatoms. The number of fused-ring (bicyclic) bond motifs is 1. The van der Waals surface area contributed by atoms with E-state index in [-0.39, 0.29) is 27.3 Å². The minimum Gasteiger partial charge on any atom is -0.486 e. The number of benzene rings is 2. The Bertz CT molecular complexity index is 1070. The maximum atomic E-state index is 12.9. The van der Waals surface area contributed by atoms with E-state index in [4.69, 9.17) is 21.1 Å². The summed E-state index contributed by atoms with van der Waals surface area (Å²) in [4.78, 5) is 13.5. The van der Waals surface area contributed by atoms with Crippen LogP contribution in [0, 0.1) is 0 Å². The molecule has 0 aliphatic carbocycles. The molecule has 0 bridgehead atoms. The van der Waals surface area contributed by atoms with Crippen molar-refractivity contribution in [2.24, 2.45) is 0 Å². The first-order chi connectivity index (χ1) is 14.9. The lowest BCUT2D eigenvalue weighted by atomic mass is 10.2. The number of rotatable bonds is 6. The molecule has 166 valence electrons. The van der Waals surface area contributed by atoms with Crippen molar-refractivity contribution in [2.75, 3.05) is 37.4 Å². The molecule has 2 aliphatic heterocycles. The largest absolute Gasteiger partial charge is 0.486 e. The average Bonchev–Trinajstić information content (AvgIpc) is 2.79. The third kappa shape index (κ3) is 5.28. The number of anilines is 1. The van der Waals surface area contributed by atoms with Crippen LogP contribution in [0.3, 0.4) is 0 Å². The Balaban J connectivity index is 1.41. The molecule has 31 heavy (non-hydrogen) atoms. The lowest BCUT2D eigenvalue weighted by Crippen LogP contribution is -2.35. The zero-order valence-electron chi connectivity index (χ0n) is 16.8.